The highest BCUT2D eigenvalue weighted by Crippen LogP contribution is 2.23. The molecule has 60 valence electrons. The molecule has 0 aliphatic rings. The summed E-state index contributed by atoms with van der Waals surface area (Å²) in [5, 5.41) is -0.495. The summed E-state index contributed by atoms with van der Waals surface area (Å²) in [5.41, 5.74) is 0.201. The summed E-state index contributed by atoms with van der Waals surface area (Å²) in [4.78, 5) is 0. The molecule has 0 radical (unpaired) electrons. The molecule has 0 saturated heterocycles. The number of halogens is 3. The molecule has 0 aliphatic heterocycles. The van der Waals surface area contributed by atoms with Crippen LogP contribution in [-0.4, -0.2) is 0 Å². The third-order valence-electron chi connectivity index (χ3n) is 1.41. The van der Waals surface area contributed by atoms with Gasteiger partial charge in [-0.2, -0.15) is 0 Å². The number of benzene rings is 1. The predicted octanol–water partition coefficient (Wildman–Crippen LogP) is 3.26. The zero-order valence-corrected chi connectivity index (χ0v) is 6.70. The predicted molar refractivity (Wildman–Crippen MR) is 40.6 cm³/mol. The van der Waals surface area contributed by atoms with E-state index in [0.717, 1.165) is 6.07 Å². The summed E-state index contributed by atoms with van der Waals surface area (Å²) in [6, 6.07) is 3.97. The van der Waals surface area contributed by atoms with E-state index in [1.54, 1.807) is 6.92 Å². The summed E-state index contributed by atoms with van der Waals surface area (Å²) in [6.07, 6.45) is 0. The van der Waals surface area contributed by atoms with E-state index < -0.39 is 17.0 Å². The Morgan fingerprint density at radius 1 is 1.36 bits per heavy atom. The first-order chi connectivity index (χ1) is 5.13. The molecule has 0 N–H and O–H groups in total. The first kappa shape index (κ1) is 8.47. The van der Waals surface area contributed by atoms with E-state index in [1.165, 1.54) is 12.1 Å². The van der Waals surface area contributed by atoms with Gasteiger partial charge in [0.25, 0.3) is 0 Å². The van der Waals surface area contributed by atoms with Gasteiger partial charge in [0.15, 0.2) is 11.6 Å². The number of hydrogen-bond donors (Lipinski definition) is 0. The van der Waals surface area contributed by atoms with Gasteiger partial charge in [-0.1, -0.05) is 12.1 Å². The highest BCUT2D eigenvalue weighted by molar-refractivity contribution is 6.20. The van der Waals surface area contributed by atoms with Crippen LogP contribution in [0.25, 0.3) is 0 Å². The van der Waals surface area contributed by atoms with Crippen molar-refractivity contribution in [3.63, 3.8) is 0 Å². The quantitative estimate of drug-likeness (QED) is 0.577. The van der Waals surface area contributed by atoms with E-state index >= 15 is 0 Å². The first-order valence-electron chi connectivity index (χ1n) is 3.21. The van der Waals surface area contributed by atoms with Crippen LogP contribution >= 0.6 is 11.6 Å². The van der Waals surface area contributed by atoms with Crippen molar-refractivity contribution >= 4 is 11.6 Å². The molecule has 11 heavy (non-hydrogen) atoms. The highest BCUT2D eigenvalue weighted by atomic mass is 35.5. The second-order valence-electron chi connectivity index (χ2n) is 2.26. The fraction of sp³-hybridized carbons (Fsp3) is 0.250. The number of rotatable bonds is 1. The number of hydrogen-bond acceptors (Lipinski definition) is 0. The van der Waals surface area contributed by atoms with Gasteiger partial charge in [-0.05, 0) is 13.0 Å². The SMILES string of the molecule is CC(Cl)c1cccc(F)c1F. The van der Waals surface area contributed by atoms with E-state index in [1.807, 2.05) is 0 Å². The Labute approximate surface area is 68.8 Å². The van der Waals surface area contributed by atoms with Crippen LogP contribution in [0.15, 0.2) is 18.2 Å². The normalized spacial score (nSPS) is 13.1. The molecule has 3 heteroatoms. The molecule has 1 rings (SSSR count). The zero-order valence-electron chi connectivity index (χ0n) is 5.94. The monoisotopic (exact) mass is 176 g/mol. The zero-order chi connectivity index (χ0) is 8.43. The van der Waals surface area contributed by atoms with Crippen molar-refractivity contribution in [1.29, 1.82) is 0 Å². The van der Waals surface area contributed by atoms with Gasteiger partial charge in [0.05, 0.1) is 5.38 Å². The fourth-order valence-corrected chi connectivity index (χ4v) is 0.996. The summed E-state index contributed by atoms with van der Waals surface area (Å²) in [7, 11) is 0. The topological polar surface area (TPSA) is 0 Å². The molecule has 0 nitrogen and oxygen atoms in total. The Balaban J connectivity index is 3.17. The van der Waals surface area contributed by atoms with Gasteiger partial charge >= 0.3 is 0 Å². The van der Waals surface area contributed by atoms with Gasteiger partial charge in [-0.25, -0.2) is 8.78 Å². The van der Waals surface area contributed by atoms with E-state index in [-0.39, 0.29) is 5.56 Å². The van der Waals surface area contributed by atoms with Crippen LogP contribution in [0.3, 0.4) is 0 Å². The van der Waals surface area contributed by atoms with Crippen LogP contribution in [0.2, 0.25) is 0 Å². The lowest BCUT2D eigenvalue weighted by atomic mass is 10.1. The van der Waals surface area contributed by atoms with Crippen LogP contribution < -0.4 is 0 Å². The van der Waals surface area contributed by atoms with E-state index in [0.29, 0.717) is 0 Å². The largest absolute Gasteiger partial charge is 0.204 e. The fourth-order valence-electron chi connectivity index (χ4n) is 0.828. The van der Waals surface area contributed by atoms with Gasteiger partial charge in [0, 0.05) is 5.56 Å². The highest BCUT2D eigenvalue weighted by Gasteiger charge is 2.10. The molecule has 0 amide bonds. The lowest BCUT2D eigenvalue weighted by Crippen LogP contribution is -1.93. The Kier molecular flexibility index (Phi) is 2.45. The summed E-state index contributed by atoms with van der Waals surface area (Å²) >= 11 is 5.57. The Morgan fingerprint density at radius 2 is 2.00 bits per heavy atom. The second-order valence-corrected chi connectivity index (χ2v) is 2.91. The van der Waals surface area contributed by atoms with Gasteiger partial charge < -0.3 is 0 Å². The minimum absolute atomic E-state index is 0.201. The van der Waals surface area contributed by atoms with E-state index in [9.17, 15) is 8.78 Å². The van der Waals surface area contributed by atoms with Crippen molar-refractivity contribution < 1.29 is 8.78 Å². The molecular weight excluding hydrogens is 170 g/mol. The molecule has 1 aromatic rings. The Morgan fingerprint density at radius 3 is 2.45 bits per heavy atom. The molecule has 0 saturated carbocycles. The standard InChI is InChI=1S/C8H7ClF2/c1-5(9)6-3-2-4-7(10)8(6)11/h2-5H,1H3. The maximum atomic E-state index is 12.8. The molecule has 0 fully saturated rings. The van der Waals surface area contributed by atoms with Gasteiger partial charge in [0.1, 0.15) is 0 Å². The van der Waals surface area contributed by atoms with Gasteiger partial charge in [0.2, 0.25) is 0 Å². The van der Waals surface area contributed by atoms with Crippen molar-refractivity contribution in [3.05, 3.63) is 35.4 Å². The minimum Gasteiger partial charge on any atom is -0.204 e. The van der Waals surface area contributed by atoms with Crippen LogP contribution in [-0.2, 0) is 0 Å². The second kappa shape index (κ2) is 3.18. The molecular formula is C8H7ClF2. The molecule has 0 bridgehead atoms. The lowest BCUT2D eigenvalue weighted by molar-refractivity contribution is 0.499. The summed E-state index contributed by atoms with van der Waals surface area (Å²) in [6.45, 7) is 1.60. The Hall–Kier alpha value is -0.630. The van der Waals surface area contributed by atoms with E-state index in [4.69, 9.17) is 11.6 Å². The van der Waals surface area contributed by atoms with Crippen molar-refractivity contribution in [2.45, 2.75) is 12.3 Å². The van der Waals surface area contributed by atoms with Crippen molar-refractivity contribution in [2.75, 3.05) is 0 Å². The van der Waals surface area contributed by atoms with Gasteiger partial charge in [-0.3, -0.25) is 0 Å². The first-order valence-corrected chi connectivity index (χ1v) is 3.64. The lowest BCUT2D eigenvalue weighted by Gasteiger charge is -2.04. The molecule has 0 heterocycles. The number of alkyl halides is 1. The van der Waals surface area contributed by atoms with Crippen LogP contribution in [0.5, 0.6) is 0 Å². The molecule has 1 unspecified atom stereocenters. The third-order valence-corrected chi connectivity index (χ3v) is 1.65. The van der Waals surface area contributed by atoms with E-state index in [2.05, 4.69) is 0 Å². The molecule has 1 atom stereocenters. The Bertz CT molecular complexity index is 258. The van der Waals surface area contributed by atoms with Crippen LogP contribution in [0.1, 0.15) is 17.9 Å². The average Bonchev–Trinajstić information content (AvgIpc) is 1.94. The smallest absolute Gasteiger partial charge is 0.163 e. The molecule has 1 aromatic carbocycles. The third kappa shape index (κ3) is 1.69. The van der Waals surface area contributed by atoms with Crippen LogP contribution in [0, 0.1) is 11.6 Å². The average molecular weight is 177 g/mol. The molecule has 0 aliphatic carbocycles. The molecule has 0 spiro atoms. The summed E-state index contributed by atoms with van der Waals surface area (Å²) < 4.78 is 25.3. The van der Waals surface area contributed by atoms with Crippen molar-refractivity contribution in [1.82, 2.24) is 0 Å². The minimum atomic E-state index is -0.852. The summed E-state index contributed by atoms with van der Waals surface area (Å²) in [5.74, 6) is -1.70. The maximum Gasteiger partial charge on any atom is 0.163 e. The maximum absolute atomic E-state index is 12.8. The molecule has 0 aromatic heterocycles. The van der Waals surface area contributed by atoms with Gasteiger partial charge in [-0.15, -0.1) is 11.6 Å². The van der Waals surface area contributed by atoms with Crippen LogP contribution in [0.4, 0.5) is 8.78 Å². The van der Waals surface area contributed by atoms with Crippen molar-refractivity contribution in [3.8, 4) is 0 Å². The van der Waals surface area contributed by atoms with Crippen molar-refractivity contribution in [2.24, 2.45) is 0 Å².